The number of amides is 1. The zero-order chi connectivity index (χ0) is 19.0. The Morgan fingerprint density at radius 1 is 1.00 bits per heavy atom. The van der Waals surface area contributed by atoms with Gasteiger partial charge in [0.25, 0.3) is 0 Å². The third kappa shape index (κ3) is 3.44. The van der Waals surface area contributed by atoms with E-state index in [1.807, 2.05) is 59.5 Å². The van der Waals surface area contributed by atoms with Crippen molar-refractivity contribution in [2.75, 3.05) is 30.1 Å². The molecule has 142 valence electrons. The number of benzene rings is 2. The number of carbonyl (C=O) groups is 1. The summed E-state index contributed by atoms with van der Waals surface area (Å²) in [5.74, 6) is 0.742. The van der Waals surface area contributed by atoms with Crippen LogP contribution in [0.5, 0.6) is 5.75 Å². The first kappa shape index (κ1) is 18.0. The van der Waals surface area contributed by atoms with Crippen LogP contribution in [0.3, 0.4) is 0 Å². The number of fused-ring (bicyclic) bond motifs is 1. The highest BCUT2D eigenvalue weighted by atomic mass is 32.2. The van der Waals surface area contributed by atoms with Gasteiger partial charge in [-0.15, -0.1) is 0 Å². The van der Waals surface area contributed by atoms with E-state index in [0.717, 1.165) is 17.0 Å². The SMILES string of the molecule is COc1ccccc1CN1CC(=O)N(c2ccccc2)C2CS(=O)(=O)CC21. The molecule has 7 heteroatoms. The van der Waals surface area contributed by atoms with Crippen LogP contribution in [0.25, 0.3) is 0 Å². The fourth-order valence-electron chi connectivity index (χ4n) is 4.11. The molecule has 0 saturated carbocycles. The van der Waals surface area contributed by atoms with Gasteiger partial charge >= 0.3 is 0 Å². The van der Waals surface area contributed by atoms with Crippen molar-refractivity contribution in [3.8, 4) is 5.75 Å². The Bertz CT molecular complexity index is 945. The smallest absolute Gasteiger partial charge is 0.241 e. The maximum Gasteiger partial charge on any atom is 0.241 e. The van der Waals surface area contributed by atoms with E-state index >= 15 is 0 Å². The molecule has 2 unspecified atom stereocenters. The number of ether oxygens (including phenoxy) is 1. The van der Waals surface area contributed by atoms with Crippen LogP contribution in [0, 0.1) is 0 Å². The Balaban J connectivity index is 1.67. The number of piperazine rings is 1. The molecule has 2 aliphatic rings. The van der Waals surface area contributed by atoms with E-state index in [1.54, 1.807) is 12.0 Å². The minimum atomic E-state index is -3.20. The zero-order valence-electron chi connectivity index (χ0n) is 15.1. The van der Waals surface area contributed by atoms with Gasteiger partial charge in [0.1, 0.15) is 5.75 Å². The van der Waals surface area contributed by atoms with E-state index in [2.05, 4.69) is 0 Å². The molecular weight excluding hydrogens is 364 g/mol. The Morgan fingerprint density at radius 2 is 1.67 bits per heavy atom. The van der Waals surface area contributed by atoms with Crippen molar-refractivity contribution >= 4 is 21.4 Å². The number of sulfone groups is 1. The lowest BCUT2D eigenvalue weighted by molar-refractivity contribution is -0.123. The first-order chi connectivity index (χ1) is 13.0. The van der Waals surface area contributed by atoms with Gasteiger partial charge in [0.15, 0.2) is 9.84 Å². The number of nitrogens with zero attached hydrogens (tertiary/aromatic N) is 2. The normalized spacial score (nSPS) is 24.6. The second-order valence-corrected chi connectivity index (χ2v) is 9.18. The van der Waals surface area contributed by atoms with Gasteiger partial charge < -0.3 is 9.64 Å². The zero-order valence-corrected chi connectivity index (χ0v) is 15.9. The van der Waals surface area contributed by atoms with Gasteiger partial charge in [-0.05, 0) is 18.2 Å². The Morgan fingerprint density at radius 3 is 2.41 bits per heavy atom. The summed E-state index contributed by atoms with van der Waals surface area (Å²) in [6.45, 7) is 0.665. The third-order valence-electron chi connectivity index (χ3n) is 5.30. The molecule has 2 aromatic carbocycles. The first-order valence-electron chi connectivity index (χ1n) is 8.92. The van der Waals surface area contributed by atoms with Gasteiger partial charge in [0, 0.05) is 23.8 Å². The molecule has 0 radical (unpaired) electrons. The highest BCUT2D eigenvalue weighted by Crippen LogP contribution is 2.33. The molecular formula is C20H22N2O4S. The van der Waals surface area contributed by atoms with Crippen molar-refractivity contribution in [3.05, 3.63) is 60.2 Å². The molecule has 0 bridgehead atoms. The molecule has 1 amide bonds. The number of rotatable bonds is 4. The average molecular weight is 386 g/mol. The Hall–Kier alpha value is -2.38. The van der Waals surface area contributed by atoms with E-state index in [4.69, 9.17) is 4.74 Å². The summed E-state index contributed by atoms with van der Waals surface area (Å²) >= 11 is 0. The Kier molecular flexibility index (Phi) is 4.65. The monoisotopic (exact) mass is 386 g/mol. The summed E-state index contributed by atoms with van der Waals surface area (Å²) in [6, 6.07) is 16.4. The fourth-order valence-corrected chi connectivity index (χ4v) is 6.09. The van der Waals surface area contributed by atoms with Crippen LogP contribution < -0.4 is 9.64 Å². The topological polar surface area (TPSA) is 66.9 Å². The minimum absolute atomic E-state index is 0.000720. The molecule has 2 aromatic rings. The predicted molar refractivity (Wildman–Crippen MR) is 104 cm³/mol. The lowest BCUT2D eigenvalue weighted by Gasteiger charge is -2.43. The highest BCUT2D eigenvalue weighted by Gasteiger charge is 2.49. The molecule has 2 aliphatic heterocycles. The number of anilines is 1. The third-order valence-corrected chi connectivity index (χ3v) is 7.00. The average Bonchev–Trinajstić information content (AvgIpc) is 2.98. The number of carbonyl (C=O) groups excluding carboxylic acids is 1. The number of hydrogen-bond donors (Lipinski definition) is 0. The number of methoxy groups -OCH3 is 1. The fraction of sp³-hybridized carbons (Fsp3) is 0.350. The van der Waals surface area contributed by atoms with E-state index in [0.29, 0.717) is 6.54 Å². The summed E-state index contributed by atoms with van der Waals surface area (Å²) in [6.07, 6.45) is 0. The molecule has 27 heavy (non-hydrogen) atoms. The van der Waals surface area contributed by atoms with Crippen molar-refractivity contribution in [1.82, 2.24) is 4.90 Å². The van der Waals surface area contributed by atoms with Crippen LogP contribution in [-0.4, -0.2) is 56.5 Å². The van der Waals surface area contributed by atoms with Crippen molar-refractivity contribution in [2.24, 2.45) is 0 Å². The first-order valence-corrected chi connectivity index (χ1v) is 10.7. The maximum atomic E-state index is 13.0. The molecule has 4 rings (SSSR count). The van der Waals surface area contributed by atoms with Crippen molar-refractivity contribution in [1.29, 1.82) is 0 Å². The maximum absolute atomic E-state index is 13.0. The number of hydrogen-bond acceptors (Lipinski definition) is 5. The van der Waals surface area contributed by atoms with Crippen molar-refractivity contribution in [2.45, 2.75) is 18.6 Å². The summed E-state index contributed by atoms with van der Waals surface area (Å²) < 4.78 is 30.2. The van der Waals surface area contributed by atoms with Gasteiger partial charge in [-0.1, -0.05) is 36.4 Å². The molecule has 0 aromatic heterocycles. The lowest BCUT2D eigenvalue weighted by atomic mass is 10.0. The second kappa shape index (κ2) is 6.98. The van der Waals surface area contributed by atoms with Crippen LogP contribution in [0.4, 0.5) is 5.69 Å². The van der Waals surface area contributed by atoms with E-state index in [1.165, 1.54) is 0 Å². The Labute approximate surface area is 159 Å². The summed E-state index contributed by atoms with van der Waals surface area (Å²) in [4.78, 5) is 16.6. The molecule has 0 spiro atoms. The summed E-state index contributed by atoms with van der Waals surface area (Å²) in [5.41, 5.74) is 1.70. The predicted octanol–water partition coefficient (Wildman–Crippen LogP) is 1.71. The van der Waals surface area contributed by atoms with Gasteiger partial charge in [-0.2, -0.15) is 0 Å². The standard InChI is InChI=1S/C20H22N2O4S/c1-26-19-10-6-5-7-15(19)11-21-12-20(23)22(16-8-3-2-4-9-16)18-14-27(24,25)13-17(18)21/h2-10,17-18H,11-14H2,1H3. The molecule has 2 atom stereocenters. The van der Waals surface area contributed by atoms with Crippen molar-refractivity contribution < 1.29 is 17.9 Å². The van der Waals surface area contributed by atoms with Gasteiger partial charge in [0.05, 0.1) is 31.2 Å². The van der Waals surface area contributed by atoms with E-state index in [-0.39, 0.29) is 36.0 Å². The molecule has 2 heterocycles. The summed E-state index contributed by atoms with van der Waals surface area (Å²) in [7, 11) is -1.59. The van der Waals surface area contributed by atoms with Crippen LogP contribution in [0.15, 0.2) is 54.6 Å². The molecule has 2 fully saturated rings. The molecule has 0 N–H and O–H groups in total. The van der Waals surface area contributed by atoms with Gasteiger partial charge in [-0.25, -0.2) is 8.42 Å². The van der Waals surface area contributed by atoms with E-state index in [9.17, 15) is 13.2 Å². The molecule has 2 saturated heterocycles. The van der Waals surface area contributed by atoms with Crippen LogP contribution in [0.1, 0.15) is 5.56 Å². The quantitative estimate of drug-likeness (QED) is 0.800. The lowest BCUT2D eigenvalue weighted by Crippen LogP contribution is -2.61. The second-order valence-electron chi connectivity index (χ2n) is 7.03. The largest absolute Gasteiger partial charge is 0.496 e. The van der Waals surface area contributed by atoms with Crippen LogP contribution in [0.2, 0.25) is 0 Å². The van der Waals surface area contributed by atoms with E-state index < -0.39 is 9.84 Å². The molecule has 0 aliphatic carbocycles. The van der Waals surface area contributed by atoms with Crippen molar-refractivity contribution in [3.63, 3.8) is 0 Å². The van der Waals surface area contributed by atoms with Crippen LogP contribution >= 0.6 is 0 Å². The number of para-hydroxylation sites is 2. The minimum Gasteiger partial charge on any atom is -0.496 e. The molecule has 6 nitrogen and oxygen atoms in total. The summed E-state index contributed by atoms with van der Waals surface area (Å²) in [5, 5.41) is 0. The highest BCUT2D eigenvalue weighted by molar-refractivity contribution is 7.91. The van der Waals surface area contributed by atoms with Crippen LogP contribution in [-0.2, 0) is 21.2 Å². The van der Waals surface area contributed by atoms with Gasteiger partial charge in [-0.3, -0.25) is 9.69 Å². The van der Waals surface area contributed by atoms with Gasteiger partial charge in [0.2, 0.25) is 5.91 Å².